The highest BCUT2D eigenvalue weighted by molar-refractivity contribution is 7.97. The second kappa shape index (κ2) is 8.64. The van der Waals surface area contributed by atoms with Crippen molar-refractivity contribution in [2.24, 2.45) is 0 Å². The van der Waals surface area contributed by atoms with E-state index in [4.69, 9.17) is 9.47 Å². The van der Waals surface area contributed by atoms with Crippen molar-refractivity contribution in [1.82, 2.24) is 5.32 Å². The van der Waals surface area contributed by atoms with Gasteiger partial charge in [-0.1, -0.05) is 12.1 Å². The molecule has 0 aliphatic heterocycles. The molecule has 5 heteroatoms. The van der Waals surface area contributed by atoms with Gasteiger partial charge in [0.25, 0.3) is 5.91 Å². The van der Waals surface area contributed by atoms with Crippen LogP contribution in [0.4, 0.5) is 0 Å². The monoisotopic (exact) mass is 345 g/mol. The molecule has 0 spiro atoms. The molecule has 0 heterocycles. The van der Waals surface area contributed by atoms with E-state index < -0.39 is 0 Å². The van der Waals surface area contributed by atoms with Crippen LogP contribution >= 0.6 is 11.8 Å². The quantitative estimate of drug-likeness (QED) is 0.822. The summed E-state index contributed by atoms with van der Waals surface area (Å²) < 4.78 is 10.6. The van der Waals surface area contributed by atoms with Crippen LogP contribution < -0.4 is 14.8 Å². The van der Waals surface area contributed by atoms with Crippen LogP contribution in [0.25, 0.3) is 0 Å². The first kappa shape index (κ1) is 18.2. The highest BCUT2D eigenvalue weighted by Crippen LogP contribution is 2.29. The summed E-state index contributed by atoms with van der Waals surface area (Å²) in [7, 11) is 3.23. The highest BCUT2D eigenvalue weighted by Gasteiger charge is 2.16. The van der Waals surface area contributed by atoms with E-state index in [-0.39, 0.29) is 11.9 Å². The zero-order valence-electron chi connectivity index (χ0n) is 14.5. The minimum Gasteiger partial charge on any atom is -0.497 e. The lowest BCUT2D eigenvalue weighted by atomic mass is 10.1. The maximum atomic E-state index is 12.5. The Morgan fingerprint density at radius 1 is 1.12 bits per heavy atom. The second-order valence-electron chi connectivity index (χ2n) is 5.43. The van der Waals surface area contributed by atoms with Crippen LogP contribution in [-0.4, -0.2) is 26.4 Å². The van der Waals surface area contributed by atoms with Crippen molar-refractivity contribution in [3.05, 3.63) is 59.2 Å². The smallest absolute Gasteiger partial charge is 0.251 e. The molecule has 0 unspecified atom stereocenters. The van der Waals surface area contributed by atoms with Crippen molar-refractivity contribution < 1.29 is 14.3 Å². The van der Waals surface area contributed by atoms with E-state index in [2.05, 4.69) is 11.6 Å². The maximum Gasteiger partial charge on any atom is 0.251 e. The van der Waals surface area contributed by atoms with Crippen LogP contribution in [0.15, 0.2) is 42.5 Å². The lowest BCUT2D eigenvalue weighted by Gasteiger charge is -2.18. The summed E-state index contributed by atoms with van der Waals surface area (Å²) in [6.45, 7) is 1.93. The second-order valence-corrected chi connectivity index (χ2v) is 6.30. The number of carbonyl (C=O) groups excluding carboxylic acids is 1. The molecule has 2 aromatic carbocycles. The fraction of sp³-hybridized carbons (Fsp3) is 0.316. The first-order valence-electron chi connectivity index (χ1n) is 7.69. The van der Waals surface area contributed by atoms with Gasteiger partial charge in [-0.15, -0.1) is 0 Å². The van der Waals surface area contributed by atoms with Gasteiger partial charge in [0, 0.05) is 16.9 Å². The van der Waals surface area contributed by atoms with E-state index in [1.165, 1.54) is 5.56 Å². The molecule has 1 amide bonds. The maximum absolute atomic E-state index is 12.5. The van der Waals surface area contributed by atoms with E-state index >= 15 is 0 Å². The van der Waals surface area contributed by atoms with E-state index in [1.807, 2.05) is 49.4 Å². The zero-order valence-corrected chi connectivity index (χ0v) is 15.3. The molecule has 24 heavy (non-hydrogen) atoms. The fourth-order valence-electron chi connectivity index (χ4n) is 2.45. The average molecular weight is 345 g/mol. The molecule has 0 aliphatic carbocycles. The van der Waals surface area contributed by atoms with Gasteiger partial charge in [-0.2, -0.15) is 11.8 Å². The number of carbonyl (C=O) groups is 1. The summed E-state index contributed by atoms with van der Waals surface area (Å²) >= 11 is 1.76. The van der Waals surface area contributed by atoms with Crippen molar-refractivity contribution in [2.45, 2.75) is 18.7 Å². The highest BCUT2D eigenvalue weighted by atomic mass is 32.2. The largest absolute Gasteiger partial charge is 0.497 e. The topological polar surface area (TPSA) is 47.6 Å². The van der Waals surface area contributed by atoms with Crippen LogP contribution in [0.1, 0.15) is 34.5 Å². The Hall–Kier alpha value is -2.14. The lowest BCUT2D eigenvalue weighted by Crippen LogP contribution is -2.27. The van der Waals surface area contributed by atoms with Gasteiger partial charge in [0.1, 0.15) is 11.5 Å². The molecule has 2 rings (SSSR count). The average Bonchev–Trinajstić information content (AvgIpc) is 2.61. The van der Waals surface area contributed by atoms with Gasteiger partial charge in [0.15, 0.2) is 0 Å². The number of amides is 1. The molecule has 0 radical (unpaired) electrons. The minimum absolute atomic E-state index is 0.108. The Kier molecular flexibility index (Phi) is 6.55. The van der Waals surface area contributed by atoms with E-state index in [9.17, 15) is 4.79 Å². The number of nitrogens with one attached hydrogen (secondary N) is 1. The van der Waals surface area contributed by atoms with Gasteiger partial charge in [0.2, 0.25) is 0 Å². The minimum atomic E-state index is -0.201. The predicted molar refractivity (Wildman–Crippen MR) is 99.1 cm³/mol. The molecular weight excluding hydrogens is 322 g/mol. The van der Waals surface area contributed by atoms with Crippen molar-refractivity contribution in [1.29, 1.82) is 0 Å². The third-order valence-corrected chi connectivity index (χ3v) is 4.40. The van der Waals surface area contributed by atoms with Crippen LogP contribution in [0, 0.1) is 0 Å². The van der Waals surface area contributed by atoms with Crippen LogP contribution in [0.3, 0.4) is 0 Å². The molecule has 0 aliphatic rings. The van der Waals surface area contributed by atoms with Crippen molar-refractivity contribution in [2.75, 3.05) is 20.5 Å². The lowest BCUT2D eigenvalue weighted by molar-refractivity contribution is 0.0939. The number of methoxy groups -OCH3 is 2. The molecule has 128 valence electrons. The molecule has 0 saturated carbocycles. The summed E-state index contributed by atoms with van der Waals surface area (Å²) in [5, 5.41) is 3.01. The summed E-state index contributed by atoms with van der Waals surface area (Å²) in [4.78, 5) is 12.5. The molecule has 0 fully saturated rings. The SMILES string of the molecule is COc1ccc(OC)c([C@@H](C)NC(=O)c2ccc(CSC)cc2)c1. The third-order valence-electron chi connectivity index (χ3n) is 3.78. The van der Waals surface area contributed by atoms with Gasteiger partial charge < -0.3 is 14.8 Å². The number of rotatable bonds is 7. The summed E-state index contributed by atoms with van der Waals surface area (Å²) in [6, 6.07) is 13.0. The van der Waals surface area contributed by atoms with Crippen molar-refractivity contribution in [3.8, 4) is 11.5 Å². The molecule has 1 N–H and O–H groups in total. The van der Waals surface area contributed by atoms with Crippen molar-refractivity contribution in [3.63, 3.8) is 0 Å². The fourth-order valence-corrected chi connectivity index (χ4v) is 2.98. The van der Waals surface area contributed by atoms with E-state index in [0.717, 1.165) is 22.8 Å². The third kappa shape index (κ3) is 4.45. The first-order chi connectivity index (χ1) is 11.6. The van der Waals surface area contributed by atoms with Gasteiger partial charge in [-0.05, 0) is 49.1 Å². The van der Waals surface area contributed by atoms with E-state index in [1.54, 1.807) is 26.0 Å². The number of thioether (sulfide) groups is 1. The molecule has 0 bridgehead atoms. The Balaban J connectivity index is 2.13. The number of ether oxygens (including phenoxy) is 2. The van der Waals surface area contributed by atoms with Crippen molar-refractivity contribution >= 4 is 17.7 Å². The van der Waals surface area contributed by atoms with Gasteiger partial charge in [0.05, 0.1) is 20.3 Å². The van der Waals surface area contributed by atoms with Gasteiger partial charge >= 0.3 is 0 Å². The Morgan fingerprint density at radius 2 is 1.83 bits per heavy atom. The summed E-state index contributed by atoms with van der Waals surface area (Å²) in [6.07, 6.45) is 2.06. The van der Waals surface area contributed by atoms with Crippen LogP contribution in [-0.2, 0) is 5.75 Å². The zero-order chi connectivity index (χ0) is 17.5. The standard InChI is InChI=1S/C19H23NO3S/c1-13(17-11-16(22-2)9-10-18(17)23-3)20-19(21)15-7-5-14(6-8-15)12-24-4/h5-11,13H,12H2,1-4H3,(H,20,21)/t13-/m1/s1. The molecular formula is C19H23NO3S. The summed E-state index contributed by atoms with van der Waals surface area (Å²) in [5.74, 6) is 2.29. The number of hydrogen-bond acceptors (Lipinski definition) is 4. The Morgan fingerprint density at radius 3 is 2.42 bits per heavy atom. The van der Waals surface area contributed by atoms with Crippen LogP contribution in [0.2, 0.25) is 0 Å². The van der Waals surface area contributed by atoms with Gasteiger partial charge in [-0.3, -0.25) is 4.79 Å². The predicted octanol–water partition coefficient (Wildman–Crippen LogP) is 4.06. The molecule has 4 nitrogen and oxygen atoms in total. The molecule has 0 saturated heterocycles. The summed E-state index contributed by atoms with van der Waals surface area (Å²) in [5.41, 5.74) is 2.74. The molecule has 1 atom stereocenters. The number of benzene rings is 2. The van der Waals surface area contributed by atoms with Crippen LogP contribution in [0.5, 0.6) is 11.5 Å². The molecule has 0 aromatic heterocycles. The first-order valence-corrected chi connectivity index (χ1v) is 9.09. The molecule has 2 aromatic rings. The Labute approximate surface area is 147 Å². The number of hydrogen-bond donors (Lipinski definition) is 1. The van der Waals surface area contributed by atoms with E-state index in [0.29, 0.717) is 5.56 Å². The Bertz CT molecular complexity index is 686. The normalized spacial score (nSPS) is 11.7. The van der Waals surface area contributed by atoms with Gasteiger partial charge in [-0.25, -0.2) is 0 Å².